The largest absolute Gasteiger partial charge is 0.310 e. The predicted molar refractivity (Wildman–Crippen MR) is 285 cm³/mol. The molecule has 7 aromatic rings. The summed E-state index contributed by atoms with van der Waals surface area (Å²) in [6.45, 7) is 28.2. The molecule has 0 radical (unpaired) electrons. The van der Waals surface area contributed by atoms with E-state index in [0.717, 1.165) is 25.7 Å². The van der Waals surface area contributed by atoms with Crippen molar-refractivity contribution in [2.75, 3.05) is 9.80 Å². The van der Waals surface area contributed by atoms with Gasteiger partial charge in [-0.25, -0.2) is 0 Å². The van der Waals surface area contributed by atoms with Crippen molar-refractivity contribution in [1.29, 1.82) is 0 Å². The van der Waals surface area contributed by atoms with Crippen LogP contribution in [-0.4, -0.2) is 0 Å². The number of benzene rings is 7. The molecule has 0 spiro atoms. The van der Waals surface area contributed by atoms with Gasteiger partial charge in [-0.15, -0.1) is 0 Å². The second-order valence-corrected chi connectivity index (χ2v) is 22.0. The van der Waals surface area contributed by atoms with E-state index in [2.05, 4.69) is 238 Å². The van der Waals surface area contributed by atoms with Crippen LogP contribution >= 0.6 is 0 Å². The summed E-state index contributed by atoms with van der Waals surface area (Å²) in [6.07, 6.45) is 4.39. The van der Waals surface area contributed by atoms with Crippen molar-refractivity contribution in [2.45, 2.75) is 120 Å². The highest BCUT2D eigenvalue weighted by molar-refractivity contribution is 5.93. The molecule has 2 nitrogen and oxygen atoms in total. The summed E-state index contributed by atoms with van der Waals surface area (Å²) in [5, 5.41) is 0. The smallest absolute Gasteiger partial charge is 0.0465 e. The molecular formula is C64H72N2. The molecule has 2 aliphatic rings. The molecule has 66 heavy (non-hydrogen) atoms. The summed E-state index contributed by atoms with van der Waals surface area (Å²) in [5.41, 5.74) is 23.7. The van der Waals surface area contributed by atoms with Gasteiger partial charge < -0.3 is 9.80 Å². The van der Waals surface area contributed by atoms with Crippen molar-refractivity contribution in [3.8, 4) is 22.3 Å². The Morgan fingerprint density at radius 3 is 0.758 bits per heavy atom. The molecule has 2 heteroatoms. The Morgan fingerprint density at radius 2 is 0.515 bits per heavy atom. The average Bonchev–Trinajstić information content (AvgIpc) is 3.66. The highest BCUT2D eigenvalue weighted by Crippen LogP contribution is 2.62. The molecule has 9 rings (SSSR count). The third kappa shape index (κ3) is 8.20. The molecule has 0 N–H and O–H groups in total. The average molecular weight is 869 g/mol. The molecule has 338 valence electrons. The van der Waals surface area contributed by atoms with E-state index in [1.54, 1.807) is 0 Å². The Balaban J connectivity index is 1.28. The highest BCUT2D eigenvalue weighted by atomic mass is 15.1. The van der Waals surface area contributed by atoms with E-state index in [1.807, 2.05) is 0 Å². The molecule has 0 aliphatic heterocycles. The lowest BCUT2D eigenvalue weighted by Crippen LogP contribution is -2.31. The van der Waals surface area contributed by atoms with Gasteiger partial charge in [0.2, 0.25) is 0 Å². The van der Waals surface area contributed by atoms with Gasteiger partial charge in [-0.1, -0.05) is 138 Å². The lowest BCUT2D eigenvalue weighted by Gasteiger charge is -2.38. The molecule has 0 atom stereocenters. The lowest BCUT2D eigenvalue weighted by molar-refractivity contribution is 0.334. The van der Waals surface area contributed by atoms with E-state index in [4.69, 9.17) is 0 Å². The zero-order valence-electron chi connectivity index (χ0n) is 41.9. The maximum Gasteiger partial charge on any atom is 0.0465 e. The maximum atomic E-state index is 2.71. The predicted octanol–water partition coefficient (Wildman–Crippen LogP) is 18.6. The van der Waals surface area contributed by atoms with Gasteiger partial charge in [-0.3, -0.25) is 0 Å². The minimum Gasteiger partial charge on any atom is -0.310 e. The Hall–Kier alpha value is -5.86. The van der Waals surface area contributed by atoms with Gasteiger partial charge in [0.25, 0.3) is 0 Å². The highest BCUT2D eigenvalue weighted by Gasteiger charge is 2.49. The normalized spacial score (nSPS) is 14.2. The van der Waals surface area contributed by atoms with Crippen molar-refractivity contribution in [3.63, 3.8) is 0 Å². The SMILES string of the molecule is Cc1ccc(N(c2ccc(C)cc2)c2ccc3c(c2)C(CC(C)C)(CC(C)C)c2cc4c(cc2-3)C(CC(C)C)(CC(C)C)c2cc(N(c3ccc(C)cc3)c3ccc(C)cc3)ccc2-4)cc1. The van der Waals surface area contributed by atoms with Crippen molar-refractivity contribution in [3.05, 3.63) is 190 Å². The fraction of sp³-hybridized carbons (Fsp3) is 0.344. The zero-order chi connectivity index (χ0) is 46.7. The molecule has 0 saturated heterocycles. The van der Waals surface area contributed by atoms with Crippen LogP contribution in [0.1, 0.15) is 126 Å². The molecular weight excluding hydrogens is 797 g/mol. The van der Waals surface area contributed by atoms with E-state index in [-0.39, 0.29) is 10.8 Å². The van der Waals surface area contributed by atoms with E-state index < -0.39 is 0 Å². The van der Waals surface area contributed by atoms with Crippen LogP contribution in [-0.2, 0) is 10.8 Å². The topological polar surface area (TPSA) is 6.48 Å². The Kier molecular flexibility index (Phi) is 12.2. The van der Waals surface area contributed by atoms with Crippen molar-refractivity contribution >= 4 is 34.1 Å². The van der Waals surface area contributed by atoms with E-state index in [1.165, 1.54) is 101 Å². The van der Waals surface area contributed by atoms with Gasteiger partial charge in [0.1, 0.15) is 0 Å². The minimum absolute atomic E-state index is 0.139. The third-order valence-electron chi connectivity index (χ3n) is 14.5. The van der Waals surface area contributed by atoms with E-state index in [9.17, 15) is 0 Å². The molecule has 0 unspecified atom stereocenters. The van der Waals surface area contributed by atoms with Crippen LogP contribution in [0.15, 0.2) is 146 Å². The summed E-state index contributed by atoms with van der Waals surface area (Å²) >= 11 is 0. The monoisotopic (exact) mass is 869 g/mol. The molecule has 2 aliphatic carbocycles. The first-order valence-electron chi connectivity index (χ1n) is 24.9. The van der Waals surface area contributed by atoms with Crippen LogP contribution in [0, 0.1) is 51.4 Å². The number of hydrogen-bond acceptors (Lipinski definition) is 2. The van der Waals surface area contributed by atoms with Crippen molar-refractivity contribution < 1.29 is 0 Å². The first-order valence-corrected chi connectivity index (χ1v) is 24.9. The van der Waals surface area contributed by atoms with Crippen LogP contribution in [0.5, 0.6) is 0 Å². The van der Waals surface area contributed by atoms with Gasteiger partial charge in [0.15, 0.2) is 0 Å². The first kappa shape index (κ1) is 45.3. The van der Waals surface area contributed by atoms with Crippen molar-refractivity contribution in [1.82, 2.24) is 0 Å². The first-order chi connectivity index (χ1) is 31.6. The molecule has 0 fully saturated rings. The number of rotatable bonds is 14. The summed E-state index contributed by atoms with van der Waals surface area (Å²) in [6, 6.07) is 56.6. The Bertz CT molecular complexity index is 2530. The summed E-state index contributed by atoms with van der Waals surface area (Å²) in [7, 11) is 0. The summed E-state index contributed by atoms with van der Waals surface area (Å²) in [5.74, 6) is 2.04. The fourth-order valence-corrected chi connectivity index (χ4v) is 12.2. The summed E-state index contributed by atoms with van der Waals surface area (Å²) in [4.78, 5) is 4.94. The van der Waals surface area contributed by atoms with Crippen molar-refractivity contribution in [2.24, 2.45) is 23.7 Å². The van der Waals surface area contributed by atoms with Gasteiger partial charge in [-0.2, -0.15) is 0 Å². The third-order valence-corrected chi connectivity index (χ3v) is 14.5. The number of nitrogens with zero attached hydrogens (tertiary/aromatic N) is 2. The van der Waals surface area contributed by atoms with Crippen LogP contribution < -0.4 is 9.80 Å². The minimum atomic E-state index is -0.139. The van der Waals surface area contributed by atoms with Crippen LogP contribution in [0.3, 0.4) is 0 Å². The molecule has 0 aromatic heterocycles. The van der Waals surface area contributed by atoms with Gasteiger partial charge in [-0.05, 0) is 206 Å². The molecule has 0 amide bonds. The van der Waals surface area contributed by atoms with Crippen LogP contribution in [0.25, 0.3) is 22.3 Å². The summed E-state index contributed by atoms with van der Waals surface area (Å²) < 4.78 is 0. The zero-order valence-corrected chi connectivity index (χ0v) is 41.9. The quantitative estimate of drug-likeness (QED) is 0.107. The second-order valence-electron chi connectivity index (χ2n) is 22.0. The molecule has 7 aromatic carbocycles. The van der Waals surface area contributed by atoms with Gasteiger partial charge >= 0.3 is 0 Å². The standard InChI is InChI=1S/C64H72N2/c1-41(2)37-63(38-42(3)4)59-33-53(65(49-21-13-45(9)14-22-49)50-23-15-46(10)16-24-50)29-31-55(59)57-36-62-58(35-61(57)63)56-32-30-54(34-60(56)64(62,39-43(5)6)40-44(7)8)66(51-25-17-47(11)18-26-51)52-27-19-48(12)20-28-52/h13-36,41-44H,37-40H2,1-12H3. The number of hydrogen-bond donors (Lipinski definition) is 0. The molecule has 0 saturated carbocycles. The molecule has 0 bridgehead atoms. The van der Waals surface area contributed by atoms with Gasteiger partial charge in [0, 0.05) is 45.0 Å². The fourth-order valence-electron chi connectivity index (χ4n) is 12.2. The molecule has 0 heterocycles. The van der Waals surface area contributed by atoms with E-state index in [0.29, 0.717) is 23.7 Å². The lowest BCUT2D eigenvalue weighted by atomic mass is 9.66. The number of aryl methyl sites for hydroxylation is 4. The second kappa shape index (κ2) is 17.7. The Labute approximate surface area is 397 Å². The van der Waals surface area contributed by atoms with Gasteiger partial charge in [0.05, 0.1) is 0 Å². The number of anilines is 6. The Morgan fingerprint density at radius 1 is 0.288 bits per heavy atom. The maximum absolute atomic E-state index is 2.71. The van der Waals surface area contributed by atoms with Crippen LogP contribution in [0.2, 0.25) is 0 Å². The van der Waals surface area contributed by atoms with Crippen LogP contribution in [0.4, 0.5) is 34.1 Å². The number of fused-ring (bicyclic) bond motifs is 6. The van der Waals surface area contributed by atoms with E-state index >= 15 is 0 Å².